The number of rotatable bonds is 6. The molecule has 1 aromatic carbocycles. The van der Waals surface area contributed by atoms with Gasteiger partial charge in [-0.2, -0.15) is 0 Å². The molecule has 1 unspecified atom stereocenters. The summed E-state index contributed by atoms with van der Waals surface area (Å²) in [6.45, 7) is 6.58. The van der Waals surface area contributed by atoms with Gasteiger partial charge in [0.05, 0.1) is 10.5 Å². The number of aromatic nitrogens is 1. The number of amides is 1. The van der Waals surface area contributed by atoms with E-state index in [-0.39, 0.29) is 22.2 Å². The number of likely N-dealkylation sites (tertiary alicyclic amines) is 1. The van der Waals surface area contributed by atoms with Gasteiger partial charge in [0.1, 0.15) is 5.76 Å². The maximum atomic E-state index is 12.5. The first-order valence-corrected chi connectivity index (χ1v) is 11.2. The molecule has 162 valence electrons. The van der Waals surface area contributed by atoms with Crippen molar-refractivity contribution in [3.05, 3.63) is 41.7 Å². The number of hydrogen-bond donors (Lipinski definition) is 1. The second kappa shape index (κ2) is 8.86. The van der Waals surface area contributed by atoms with E-state index < -0.39 is 22.1 Å². The highest BCUT2D eigenvalue weighted by Crippen LogP contribution is 2.19. The molecule has 0 radical (unpaired) electrons. The number of carbonyl (C=O) groups excluding carboxylic acids is 2. The molecule has 1 amide bonds. The standard InChI is InChI=1S/C20H25N3O6S/c1-13-7-9-23(10-8-13)19(24)15(3)28-20(25)16-5-4-6-17(12-16)30(26,27)22-18-11-14(2)29-21-18/h4-6,11-13,15H,7-10H2,1-3H3,(H,21,22). The molecule has 0 spiro atoms. The van der Waals surface area contributed by atoms with Crippen molar-refractivity contribution in [3.8, 4) is 0 Å². The number of benzene rings is 1. The maximum absolute atomic E-state index is 12.5. The molecule has 2 aromatic rings. The Bertz CT molecular complexity index is 1020. The van der Waals surface area contributed by atoms with Crippen LogP contribution in [-0.4, -0.2) is 49.5 Å². The Labute approximate surface area is 175 Å². The van der Waals surface area contributed by atoms with E-state index in [1.807, 2.05) is 0 Å². The summed E-state index contributed by atoms with van der Waals surface area (Å²) in [4.78, 5) is 26.6. The molecule has 3 rings (SSSR count). The molecule has 2 heterocycles. The fraction of sp³-hybridized carbons (Fsp3) is 0.450. The van der Waals surface area contributed by atoms with Gasteiger partial charge in [-0.25, -0.2) is 13.2 Å². The molecule has 1 saturated heterocycles. The van der Waals surface area contributed by atoms with Crippen LogP contribution in [-0.2, 0) is 19.6 Å². The van der Waals surface area contributed by atoms with Crippen LogP contribution in [0.3, 0.4) is 0 Å². The Balaban J connectivity index is 1.67. The predicted octanol–water partition coefficient (Wildman–Crippen LogP) is 2.59. The van der Waals surface area contributed by atoms with Crippen LogP contribution in [0.5, 0.6) is 0 Å². The Kier molecular flexibility index (Phi) is 6.45. The quantitative estimate of drug-likeness (QED) is 0.693. The Morgan fingerprint density at radius 1 is 1.27 bits per heavy atom. The van der Waals surface area contributed by atoms with Crippen molar-refractivity contribution < 1.29 is 27.3 Å². The van der Waals surface area contributed by atoms with Crippen LogP contribution in [0.4, 0.5) is 5.82 Å². The molecule has 1 fully saturated rings. The number of nitrogens with one attached hydrogen (secondary N) is 1. The zero-order chi connectivity index (χ0) is 21.9. The van der Waals surface area contributed by atoms with Gasteiger partial charge in [0.25, 0.3) is 15.9 Å². The van der Waals surface area contributed by atoms with Crippen LogP contribution in [0.2, 0.25) is 0 Å². The monoisotopic (exact) mass is 435 g/mol. The number of carbonyl (C=O) groups is 2. The Morgan fingerprint density at radius 3 is 2.60 bits per heavy atom. The third-order valence-electron chi connectivity index (χ3n) is 4.97. The number of anilines is 1. The van der Waals surface area contributed by atoms with Crippen molar-refractivity contribution in [2.75, 3.05) is 17.8 Å². The summed E-state index contributed by atoms with van der Waals surface area (Å²) in [5.74, 6) is 0.0476. The lowest BCUT2D eigenvalue weighted by atomic mass is 9.99. The van der Waals surface area contributed by atoms with E-state index >= 15 is 0 Å². The minimum absolute atomic E-state index is 0.0288. The summed E-state index contributed by atoms with van der Waals surface area (Å²) in [6.07, 6.45) is 0.886. The summed E-state index contributed by atoms with van der Waals surface area (Å²) in [5, 5.41) is 3.59. The summed E-state index contributed by atoms with van der Waals surface area (Å²) >= 11 is 0. The summed E-state index contributed by atoms with van der Waals surface area (Å²) < 4.78 is 37.5. The summed E-state index contributed by atoms with van der Waals surface area (Å²) in [6, 6.07) is 6.83. The Hall–Kier alpha value is -2.88. The second-order valence-corrected chi connectivity index (χ2v) is 9.19. The van der Waals surface area contributed by atoms with Gasteiger partial charge in [-0.3, -0.25) is 9.52 Å². The van der Waals surface area contributed by atoms with Crippen LogP contribution in [0.15, 0.2) is 39.8 Å². The summed E-state index contributed by atoms with van der Waals surface area (Å²) in [7, 11) is -3.98. The zero-order valence-corrected chi connectivity index (χ0v) is 17.9. The highest BCUT2D eigenvalue weighted by molar-refractivity contribution is 7.92. The number of esters is 1. The molecule has 0 aliphatic carbocycles. The second-order valence-electron chi connectivity index (χ2n) is 7.51. The number of sulfonamides is 1. The van der Waals surface area contributed by atoms with E-state index in [9.17, 15) is 18.0 Å². The smallest absolute Gasteiger partial charge is 0.338 e. The van der Waals surface area contributed by atoms with Gasteiger partial charge >= 0.3 is 5.97 Å². The van der Waals surface area contributed by atoms with Crippen molar-refractivity contribution >= 4 is 27.7 Å². The molecule has 1 atom stereocenters. The van der Waals surface area contributed by atoms with Crippen molar-refractivity contribution in [1.82, 2.24) is 10.1 Å². The third-order valence-corrected chi connectivity index (χ3v) is 6.33. The molecular formula is C20H25N3O6S. The van der Waals surface area contributed by atoms with E-state index in [0.29, 0.717) is 24.8 Å². The molecule has 1 aliphatic heterocycles. The molecule has 9 nitrogen and oxygen atoms in total. The molecule has 10 heteroatoms. The van der Waals surface area contributed by atoms with Gasteiger partial charge in [-0.05, 0) is 50.8 Å². The van der Waals surface area contributed by atoms with Gasteiger partial charge in [-0.15, -0.1) is 0 Å². The molecule has 1 aliphatic rings. The van der Waals surface area contributed by atoms with E-state index in [1.54, 1.807) is 11.8 Å². The zero-order valence-electron chi connectivity index (χ0n) is 17.1. The number of hydrogen-bond acceptors (Lipinski definition) is 7. The fourth-order valence-electron chi connectivity index (χ4n) is 3.17. The maximum Gasteiger partial charge on any atom is 0.338 e. The van der Waals surface area contributed by atoms with Crippen molar-refractivity contribution in [3.63, 3.8) is 0 Å². The van der Waals surface area contributed by atoms with Crippen LogP contribution >= 0.6 is 0 Å². The Morgan fingerprint density at radius 2 is 1.97 bits per heavy atom. The highest BCUT2D eigenvalue weighted by Gasteiger charge is 2.27. The van der Waals surface area contributed by atoms with Gasteiger partial charge in [0, 0.05) is 19.2 Å². The third kappa shape index (κ3) is 5.18. The minimum Gasteiger partial charge on any atom is -0.449 e. The molecule has 0 bridgehead atoms. The fourth-order valence-corrected chi connectivity index (χ4v) is 4.20. The van der Waals surface area contributed by atoms with E-state index in [1.165, 1.54) is 37.3 Å². The van der Waals surface area contributed by atoms with Crippen LogP contribution in [0.25, 0.3) is 0 Å². The highest BCUT2D eigenvalue weighted by atomic mass is 32.2. The topological polar surface area (TPSA) is 119 Å². The van der Waals surface area contributed by atoms with Gasteiger partial charge in [0.2, 0.25) is 0 Å². The normalized spacial score (nSPS) is 16.2. The first-order valence-electron chi connectivity index (χ1n) is 9.71. The largest absolute Gasteiger partial charge is 0.449 e. The van der Waals surface area contributed by atoms with Crippen molar-refractivity contribution in [2.24, 2.45) is 5.92 Å². The molecule has 1 N–H and O–H groups in total. The van der Waals surface area contributed by atoms with Gasteiger partial charge in [-0.1, -0.05) is 18.1 Å². The number of ether oxygens (including phenoxy) is 1. The van der Waals surface area contributed by atoms with Crippen LogP contribution in [0, 0.1) is 12.8 Å². The van der Waals surface area contributed by atoms with E-state index in [0.717, 1.165) is 12.8 Å². The van der Waals surface area contributed by atoms with Crippen LogP contribution in [0.1, 0.15) is 42.8 Å². The van der Waals surface area contributed by atoms with Crippen molar-refractivity contribution in [2.45, 2.75) is 44.6 Å². The molecule has 0 saturated carbocycles. The van der Waals surface area contributed by atoms with Crippen molar-refractivity contribution in [1.29, 1.82) is 0 Å². The lowest BCUT2D eigenvalue weighted by molar-refractivity contribution is -0.141. The molecular weight excluding hydrogens is 410 g/mol. The van der Waals surface area contributed by atoms with E-state index in [2.05, 4.69) is 16.8 Å². The summed E-state index contributed by atoms with van der Waals surface area (Å²) in [5.41, 5.74) is 0.0288. The average Bonchev–Trinajstić information content (AvgIpc) is 3.12. The predicted molar refractivity (Wildman–Crippen MR) is 108 cm³/mol. The molecule has 1 aromatic heterocycles. The van der Waals surface area contributed by atoms with Gasteiger partial charge in [0.15, 0.2) is 11.9 Å². The minimum atomic E-state index is -3.98. The van der Waals surface area contributed by atoms with Crippen LogP contribution < -0.4 is 4.72 Å². The number of nitrogens with zero attached hydrogens (tertiary/aromatic N) is 2. The lowest BCUT2D eigenvalue weighted by Crippen LogP contribution is -2.44. The molecule has 30 heavy (non-hydrogen) atoms. The first-order chi connectivity index (χ1) is 14.2. The number of aryl methyl sites for hydroxylation is 1. The number of piperidine rings is 1. The average molecular weight is 436 g/mol. The first kappa shape index (κ1) is 21.8. The van der Waals surface area contributed by atoms with E-state index in [4.69, 9.17) is 9.26 Å². The lowest BCUT2D eigenvalue weighted by Gasteiger charge is -2.31. The SMILES string of the molecule is Cc1cc(NS(=O)(=O)c2cccc(C(=O)OC(C)C(=O)N3CCC(C)CC3)c2)no1. The van der Waals surface area contributed by atoms with Gasteiger partial charge < -0.3 is 14.2 Å².